The number of amides is 1. The number of ketones is 1. The van der Waals surface area contributed by atoms with Crippen LogP contribution in [-0.4, -0.2) is 58.9 Å². The maximum Gasteiger partial charge on any atom is 0.295 e. The van der Waals surface area contributed by atoms with Crippen molar-refractivity contribution in [2.75, 3.05) is 26.2 Å². The molecule has 1 saturated heterocycles. The number of ether oxygens (including phenoxy) is 1. The van der Waals surface area contributed by atoms with Gasteiger partial charge in [0.05, 0.1) is 17.7 Å². The van der Waals surface area contributed by atoms with Crippen LogP contribution in [0.3, 0.4) is 0 Å². The smallest absolute Gasteiger partial charge is 0.295 e. The molecule has 1 aliphatic rings. The summed E-state index contributed by atoms with van der Waals surface area (Å²) in [7, 11) is 0. The minimum absolute atomic E-state index is 0.0351. The van der Waals surface area contributed by atoms with E-state index in [2.05, 4.69) is 34.7 Å². The first-order valence-electron chi connectivity index (χ1n) is 11.3. The summed E-state index contributed by atoms with van der Waals surface area (Å²) in [6, 6.07) is 13.7. The van der Waals surface area contributed by atoms with Crippen LogP contribution >= 0.6 is 15.9 Å². The quantitative estimate of drug-likeness (QED) is 0.289. The molecule has 6 nitrogen and oxygen atoms in total. The Labute approximate surface area is 204 Å². The number of rotatable bonds is 9. The first-order chi connectivity index (χ1) is 15.8. The second-order valence-corrected chi connectivity index (χ2v) is 9.18. The van der Waals surface area contributed by atoms with Crippen LogP contribution in [0, 0.1) is 0 Å². The summed E-state index contributed by atoms with van der Waals surface area (Å²) in [6.07, 6.45) is 0.0351. The normalized spacial score (nSPS) is 17.9. The van der Waals surface area contributed by atoms with Gasteiger partial charge in [0.1, 0.15) is 11.5 Å². The molecule has 0 saturated carbocycles. The van der Waals surface area contributed by atoms with Gasteiger partial charge in [-0.2, -0.15) is 0 Å². The molecule has 0 bridgehead atoms. The zero-order valence-corrected chi connectivity index (χ0v) is 21.1. The van der Waals surface area contributed by atoms with Crippen molar-refractivity contribution in [1.82, 2.24) is 9.80 Å². The number of likely N-dealkylation sites (N-methyl/N-ethyl adjacent to an activating group) is 1. The average Bonchev–Trinajstić information content (AvgIpc) is 3.05. The molecule has 0 aromatic heterocycles. The van der Waals surface area contributed by atoms with Crippen molar-refractivity contribution >= 4 is 33.4 Å². The summed E-state index contributed by atoms with van der Waals surface area (Å²) in [6.45, 7) is 10.8. The molecule has 1 atom stereocenters. The van der Waals surface area contributed by atoms with Gasteiger partial charge in [0, 0.05) is 23.1 Å². The van der Waals surface area contributed by atoms with Gasteiger partial charge in [0.25, 0.3) is 11.7 Å². The number of likely N-dealkylation sites (tertiary alicyclic amines) is 1. The van der Waals surface area contributed by atoms with Crippen LogP contribution in [-0.2, 0) is 9.59 Å². The fraction of sp³-hybridized carbons (Fsp3) is 0.385. The molecule has 0 spiro atoms. The van der Waals surface area contributed by atoms with E-state index in [4.69, 9.17) is 4.74 Å². The number of carbonyl (C=O) groups excluding carboxylic acids is 2. The number of benzene rings is 2. The highest BCUT2D eigenvalue weighted by molar-refractivity contribution is 9.10. The van der Waals surface area contributed by atoms with Crippen LogP contribution < -0.4 is 4.74 Å². The molecule has 1 fully saturated rings. The fourth-order valence-electron chi connectivity index (χ4n) is 4.01. The molecule has 0 radical (unpaired) electrons. The van der Waals surface area contributed by atoms with Crippen molar-refractivity contribution < 1.29 is 19.4 Å². The summed E-state index contributed by atoms with van der Waals surface area (Å²) in [5, 5.41) is 11.1. The van der Waals surface area contributed by atoms with E-state index in [1.807, 2.05) is 38.1 Å². The fourth-order valence-corrected chi connectivity index (χ4v) is 4.27. The van der Waals surface area contributed by atoms with E-state index in [0.717, 1.165) is 23.1 Å². The van der Waals surface area contributed by atoms with E-state index < -0.39 is 17.7 Å². The average molecular weight is 515 g/mol. The Balaban J connectivity index is 2.06. The van der Waals surface area contributed by atoms with Gasteiger partial charge in [-0.15, -0.1) is 0 Å². The van der Waals surface area contributed by atoms with Gasteiger partial charge in [-0.05, 0) is 56.8 Å². The lowest BCUT2D eigenvalue weighted by Crippen LogP contribution is -2.38. The number of hydrogen-bond donors (Lipinski definition) is 1. The predicted octanol–water partition coefficient (Wildman–Crippen LogP) is 5.00. The maximum atomic E-state index is 13.1. The van der Waals surface area contributed by atoms with Gasteiger partial charge in [0.2, 0.25) is 0 Å². The Kier molecular flexibility index (Phi) is 8.32. The van der Waals surface area contributed by atoms with E-state index in [0.29, 0.717) is 24.4 Å². The molecule has 1 amide bonds. The number of hydrogen-bond acceptors (Lipinski definition) is 5. The van der Waals surface area contributed by atoms with Crippen molar-refractivity contribution in [3.8, 4) is 5.75 Å². The molecule has 7 heteroatoms. The van der Waals surface area contributed by atoms with Crippen molar-refractivity contribution in [2.24, 2.45) is 0 Å². The van der Waals surface area contributed by atoms with Gasteiger partial charge < -0.3 is 19.6 Å². The number of aliphatic hydroxyl groups is 1. The summed E-state index contributed by atoms with van der Waals surface area (Å²) in [5.41, 5.74) is 1.35. The molecule has 3 rings (SSSR count). The van der Waals surface area contributed by atoms with Crippen molar-refractivity contribution in [3.63, 3.8) is 0 Å². The minimum Gasteiger partial charge on any atom is -0.507 e. The molecular weight excluding hydrogens is 484 g/mol. The third kappa shape index (κ3) is 5.65. The largest absolute Gasteiger partial charge is 0.507 e. The zero-order chi connectivity index (χ0) is 24.1. The number of halogens is 1. The first-order valence-corrected chi connectivity index (χ1v) is 12.1. The number of carbonyl (C=O) groups is 2. The highest BCUT2D eigenvalue weighted by Crippen LogP contribution is 2.39. The maximum absolute atomic E-state index is 13.1. The van der Waals surface area contributed by atoms with Crippen LogP contribution in [0.2, 0.25) is 0 Å². The number of nitrogens with zero attached hydrogens (tertiary/aromatic N) is 2. The molecule has 2 aromatic carbocycles. The second kappa shape index (κ2) is 11.0. The third-order valence-corrected chi connectivity index (χ3v) is 6.31. The summed E-state index contributed by atoms with van der Waals surface area (Å²) in [5.74, 6) is -0.712. The van der Waals surface area contributed by atoms with Crippen molar-refractivity contribution in [2.45, 2.75) is 39.8 Å². The molecular formula is C26H31BrN2O4. The number of Topliss-reactive ketones (excluding diaryl/α,β-unsaturated/α-hetero) is 1. The Bertz CT molecular complexity index is 1010. The van der Waals surface area contributed by atoms with Crippen LogP contribution in [0.25, 0.3) is 5.76 Å². The summed E-state index contributed by atoms with van der Waals surface area (Å²) >= 11 is 3.39. The van der Waals surface area contributed by atoms with Crippen molar-refractivity contribution in [3.05, 3.63) is 69.7 Å². The minimum atomic E-state index is -0.669. The lowest BCUT2D eigenvalue weighted by Gasteiger charge is -2.28. The topological polar surface area (TPSA) is 70.1 Å². The highest BCUT2D eigenvalue weighted by atomic mass is 79.9. The molecule has 1 aliphatic heterocycles. The van der Waals surface area contributed by atoms with E-state index in [9.17, 15) is 14.7 Å². The van der Waals surface area contributed by atoms with Gasteiger partial charge in [-0.25, -0.2) is 0 Å². The summed E-state index contributed by atoms with van der Waals surface area (Å²) in [4.78, 5) is 30.0. The zero-order valence-electron chi connectivity index (χ0n) is 19.5. The standard InChI is InChI=1S/C26H31BrN2O4/c1-5-28(6-2)15-16-29-23(18-9-13-21(14-10-18)33-17(3)4)22(25(31)26(29)32)24(30)19-7-11-20(27)12-8-19/h7-14,17,23,30H,5-6,15-16H2,1-4H3/b24-22+. The first kappa shape index (κ1) is 25.0. The van der Waals surface area contributed by atoms with Crippen LogP contribution in [0.4, 0.5) is 0 Å². The molecule has 33 heavy (non-hydrogen) atoms. The van der Waals surface area contributed by atoms with Crippen LogP contribution in [0.15, 0.2) is 58.6 Å². The molecule has 1 unspecified atom stereocenters. The predicted molar refractivity (Wildman–Crippen MR) is 133 cm³/mol. The van der Waals surface area contributed by atoms with Gasteiger partial charge in [0.15, 0.2) is 0 Å². The van der Waals surface area contributed by atoms with Crippen LogP contribution in [0.1, 0.15) is 44.9 Å². The Hall–Kier alpha value is -2.64. The Morgan fingerprint density at radius 3 is 2.21 bits per heavy atom. The molecule has 0 aliphatic carbocycles. The lowest BCUT2D eigenvalue weighted by atomic mass is 9.95. The van der Waals surface area contributed by atoms with E-state index >= 15 is 0 Å². The van der Waals surface area contributed by atoms with E-state index in [1.54, 1.807) is 29.2 Å². The van der Waals surface area contributed by atoms with Gasteiger partial charge >= 0.3 is 0 Å². The third-order valence-electron chi connectivity index (χ3n) is 5.78. The molecule has 1 heterocycles. The summed E-state index contributed by atoms with van der Waals surface area (Å²) < 4.78 is 6.60. The van der Waals surface area contributed by atoms with Crippen molar-refractivity contribution in [1.29, 1.82) is 0 Å². The molecule has 2 aromatic rings. The Morgan fingerprint density at radius 1 is 1.06 bits per heavy atom. The lowest BCUT2D eigenvalue weighted by molar-refractivity contribution is -0.140. The molecule has 1 N–H and O–H groups in total. The van der Waals surface area contributed by atoms with Crippen LogP contribution in [0.5, 0.6) is 5.75 Å². The van der Waals surface area contributed by atoms with Gasteiger partial charge in [-0.1, -0.05) is 54.0 Å². The Morgan fingerprint density at radius 2 is 1.67 bits per heavy atom. The van der Waals surface area contributed by atoms with Gasteiger partial charge in [-0.3, -0.25) is 9.59 Å². The SMILES string of the molecule is CCN(CC)CCN1C(=O)C(=O)/C(=C(/O)c2ccc(Br)cc2)C1c1ccc(OC(C)C)cc1. The van der Waals surface area contributed by atoms with E-state index in [-0.39, 0.29) is 17.4 Å². The van der Waals surface area contributed by atoms with E-state index in [1.165, 1.54) is 0 Å². The highest BCUT2D eigenvalue weighted by Gasteiger charge is 2.45. The molecule has 176 valence electrons. The number of aliphatic hydroxyl groups excluding tert-OH is 1. The second-order valence-electron chi connectivity index (χ2n) is 8.26. The monoisotopic (exact) mass is 514 g/mol.